The van der Waals surface area contributed by atoms with E-state index in [1.165, 1.54) is 12.1 Å². The number of aromatic nitrogens is 2. The van der Waals surface area contributed by atoms with Gasteiger partial charge in [-0.05, 0) is 50.6 Å². The Labute approximate surface area is 247 Å². The van der Waals surface area contributed by atoms with Crippen molar-refractivity contribution in [3.8, 4) is 11.5 Å². The molecule has 2 N–H and O–H groups in total. The van der Waals surface area contributed by atoms with Gasteiger partial charge in [0.15, 0.2) is 0 Å². The first-order valence-electron chi connectivity index (χ1n) is 10.3. The quantitative estimate of drug-likeness (QED) is 0.250. The van der Waals surface area contributed by atoms with E-state index in [9.17, 15) is 10.2 Å². The summed E-state index contributed by atoms with van der Waals surface area (Å²) in [7, 11) is 2.00. The molecule has 0 aliphatic heterocycles. The first-order chi connectivity index (χ1) is 17.0. The Morgan fingerprint density at radius 1 is 0.605 bits per heavy atom. The van der Waals surface area contributed by atoms with Gasteiger partial charge in [-0.15, -0.1) is 0 Å². The van der Waals surface area contributed by atoms with Gasteiger partial charge in [0, 0.05) is 37.5 Å². The van der Waals surface area contributed by atoms with Gasteiger partial charge < -0.3 is 40.2 Å². The van der Waals surface area contributed by atoms with Crippen LogP contribution in [0.2, 0.25) is 0 Å². The zero-order chi connectivity index (χ0) is 28.3. The molecule has 0 fully saturated rings. The number of aliphatic carboxylic acids is 2. The van der Waals surface area contributed by atoms with Crippen molar-refractivity contribution in [2.45, 2.75) is 27.7 Å². The summed E-state index contributed by atoms with van der Waals surface area (Å²) in [6, 6.07) is 18.0. The molecule has 196 valence electrons. The molecule has 0 amide bonds. The molecule has 2 heterocycles. The van der Waals surface area contributed by atoms with Crippen LogP contribution >= 0.6 is 0 Å². The number of aryl methyl sites for hydroxylation is 2. The third-order valence-corrected chi connectivity index (χ3v) is 3.64. The third-order valence-electron chi connectivity index (χ3n) is 3.64. The first kappa shape index (κ1) is 42.1. The summed E-state index contributed by atoms with van der Waals surface area (Å²) in [5.41, 5.74) is 2.90. The summed E-state index contributed by atoms with van der Waals surface area (Å²) >= 11 is 0. The fourth-order valence-corrected chi connectivity index (χ4v) is 2.43. The van der Waals surface area contributed by atoms with E-state index < -0.39 is 11.9 Å². The summed E-state index contributed by atoms with van der Waals surface area (Å²) in [5, 5.41) is 56.1. The normalized spacial score (nSPS) is 8.21. The Balaban J connectivity index is -0.000000209. The van der Waals surface area contributed by atoms with Crippen LogP contribution in [0.3, 0.4) is 0 Å². The number of carbonyl (C=O) groups excluding carboxylic acids is 2. The number of aliphatic hydroxyl groups is 2. The number of pyridine rings is 2. The number of fused-ring (bicyclic) bond motifs is 2. The van der Waals surface area contributed by atoms with E-state index in [1.54, 1.807) is 12.1 Å². The van der Waals surface area contributed by atoms with Crippen molar-refractivity contribution in [2.75, 3.05) is 14.2 Å². The standard InChI is InChI=1S/2C10H9NO.2C2H4O2.2CH4O.2Zn/c2*1-7-5-6-8-3-2-4-9(12)10(8)11-7;2*1-2(3)4;2*1-2;;/h2*2-6,12H,1H3;2*1H3,(H,3,4);2*2H,1H3;;/q;;;;;;2*+2/p-4. The number of rotatable bonds is 0. The molecule has 12 heteroatoms. The largest absolute Gasteiger partial charge is 2.00 e. The third kappa shape index (κ3) is 18.2. The second kappa shape index (κ2) is 24.3. The van der Waals surface area contributed by atoms with Gasteiger partial charge in [0.1, 0.15) is 0 Å². The zero-order valence-electron chi connectivity index (χ0n) is 22.4. The molecule has 0 saturated heterocycles. The van der Waals surface area contributed by atoms with Gasteiger partial charge in [0.25, 0.3) is 0 Å². The molecule has 4 aromatic rings. The van der Waals surface area contributed by atoms with Crippen molar-refractivity contribution in [1.29, 1.82) is 0 Å². The van der Waals surface area contributed by atoms with Crippen LogP contribution in [-0.2, 0) is 48.5 Å². The number of nitrogens with zero attached hydrogens (tertiary/aromatic N) is 2. The minimum absolute atomic E-state index is 0. The minimum atomic E-state index is -1.08. The molecule has 0 bridgehead atoms. The van der Waals surface area contributed by atoms with Gasteiger partial charge in [0.2, 0.25) is 0 Å². The average Bonchev–Trinajstić information content (AvgIpc) is 2.83. The Hall–Kier alpha value is -3.03. The zero-order valence-corrected chi connectivity index (χ0v) is 28.4. The van der Waals surface area contributed by atoms with Crippen LogP contribution in [0, 0.1) is 13.8 Å². The number of benzene rings is 2. The van der Waals surface area contributed by atoms with Crippen molar-refractivity contribution in [2.24, 2.45) is 0 Å². The molecule has 0 atom stereocenters. The van der Waals surface area contributed by atoms with Crippen molar-refractivity contribution in [1.82, 2.24) is 9.97 Å². The molecule has 2 aromatic heterocycles. The van der Waals surface area contributed by atoms with Crippen molar-refractivity contribution >= 4 is 33.7 Å². The van der Waals surface area contributed by atoms with Gasteiger partial charge in [-0.3, -0.25) is 9.97 Å². The molecule has 2 aromatic carbocycles. The molecule has 0 radical (unpaired) electrons. The maximum Gasteiger partial charge on any atom is 2.00 e. The van der Waals surface area contributed by atoms with E-state index in [0.29, 0.717) is 11.0 Å². The molecule has 10 nitrogen and oxygen atoms in total. The van der Waals surface area contributed by atoms with Crippen LogP contribution in [0.1, 0.15) is 25.2 Å². The molecular weight excluding hydrogens is 599 g/mol. The Kier molecular flexibility index (Phi) is 26.9. The smallest absolute Gasteiger partial charge is 0.871 e. The summed E-state index contributed by atoms with van der Waals surface area (Å²) in [5.74, 6) is -2.17. The van der Waals surface area contributed by atoms with Gasteiger partial charge in [-0.2, -0.15) is 0 Å². The minimum Gasteiger partial charge on any atom is -0.871 e. The molecule has 0 aliphatic carbocycles. The number of carboxylic acid groups (broad SMARTS) is 2. The monoisotopic (exact) mass is 626 g/mol. The molecule has 4 rings (SSSR count). The molecule has 0 unspecified atom stereocenters. The fourth-order valence-electron chi connectivity index (χ4n) is 2.43. The summed E-state index contributed by atoms with van der Waals surface area (Å²) < 4.78 is 0. The van der Waals surface area contributed by atoms with Gasteiger partial charge >= 0.3 is 39.0 Å². The number of carboxylic acids is 2. The van der Waals surface area contributed by atoms with E-state index >= 15 is 0 Å². The maximum atomic E-state index is 11.3. The number of hydrogen-bond acceptors (Lipinski definition) is 10. The summed E-state index contributed by atoms with van der Waals surface area (Å²) in [6.07, 6.45) is 0. The van der Waals surface area contributed by atoms with Crippen molar-refractivity contribution < 1.29 is 79.2 Å². The molecule has 0 saturated carbocycles. The second-order valence-corrected chi connectivity index (χ2v) is 6.54. The Morgan fingerprint density at radius 3 is 1.13 bits per heavy atom. The van der Waals surface area contributed by atoms with Gasteiger partial charge in [-0.1, -0.05) is 60.0 Å². The molecule has 38 heavy (non-hydrogen) atoms. The van der Waals surface area contributed by atoms with Crippen LogP contribution in [0.4, 0.5) is 0 Å². The number of para-hydroxylation sites is 2. The fraction of sp³-hybridized carbons (Fsp3) is 0.231. The Morgan fingerprint density at radius 2 is 0.868 bits per heavy atom. The predicted octanol–water partition coefficient (Wildman–Crippen LogP) is -0.0420. The first-order valence-corrected chi connectivity index (χ1v) is 10.3. The van der Waals surface area contributed by atoms with Gasteiger partial charge in [0.05, 0.1) is 11.0 Å². The van der Waals surface area contributed by atoms with E-state index in [4.69, 9.17) is 30.0 Å². The predicted molar refractivity (Wildman–Crippen MR) is 129 cm³/mol. The molecule has 0 spiro atoms. The Bertz CT molecular complexity index is 1120. The topological polar surface area (TPSA) is 193 Å². The van der Waals surface area contributed by atoms with Crippen molar-refractivity contribution in [3.63, 3.8) is 0 Å². The summed E-state index contributed by atoms with van der Waals surface area (Å²) in [6.45, 7) is 5.71. The maximum absolute atomic E-state index is 11.3. The SMILES string of the molecule is CC(=O)[O-].CC(=O)[O-].CO.CO.Cc1ccc2cccc([O-])c2n1.Cc1ccc2cccc([O-])c2n1.[Zn+2].[Zn+2]. The number of carbonyl (C=O) groups is 2. The van der Waals surface area contributed by atoms with E-state index in [1.807, 2.05) is 50.2 Å². The van der Waals surface area contributed by atoms with E-state index in [-0.39, 0.29) is 50.5 Å². The van der Waals surface area contributed by atoms with Crippen LogP contribution in [0.5, 0.6) is 11.5 Å². The second-order valence-electron chi connectivity index (χ2n) is 6.54. The summed E-state index contributed by atoms with van der Waals surface area (Å²) in [4.78, 5) is 26.1. The van der Waals surface area contributed by atoms with E-state index in [2.05, 4.69) is 9.97 Å². The number of hydrogen-bond donors (Lipinski definition) is 2. The van der Waals surface area contributed by atoms with Gasteiger partial charge in [-0.25, -0.2) is 0 Å². The van der Waals surface area contributed by atoms with Crippen LogP contribution in [0.15, 0.2) is 60.7 Å². The van der Waals surface area contributed by atoms with E-state index in [0.717, 1.165) is 50.2 Å². The van der Waals surface area contributed by atoms with Crippen LogP contribution in [0.25, 0.3) is 21.8 Å². The molecular formula is C26H30N2O8Zn2. The van der Waals surface area contributed by atoms with Crippen LogP contribution < -0.4 is 20.4 Å². The number of aliphatic hydroxyl groups excluding tert-OH is 2. The molecule has 0 aliphatic rings. The van der Waals surface area contributed by atoms with Crippen molar-refractivity contribution in [3.05, 3.63) is 72.1 Å². The average molecular weight is 629 g/mol. The van der Waals surface area contributed by atoms with Crippen LogP contribution in [-0.4, -0.2) is 46.3 Å².